The minimum absolute atomic E-state index is 0.362. The second-order valence-electron chi connectivity index (χ2n) is 5.89. The van der Waals surface area contributed by atoms with Gasteiger partial charge in [0.05, 0.1) is 6.61 Å². The minimum atomic E-state index is 0.362. The van der Waals surface area contributed by atoms with E-state index in [0.717, 1.165) is 17.5 Å². The Kier molecular flexibility index (Phi) is 7.89. The van der Waals surface area contributed by atoms with E-state index >= 15 is 0 Å². The molecule has 1 atom stereocenters. The van der Waals surface area contributed by atoms with Crippen molar-refractivity contribution in [1.29, 1.82) is 0 Å². The van der Waals surface area contributed by atoms with Crippen LogP contribution in [0, 0.1) is 0 Å². The summed E-state index contributed by atoms with van der Waals surface area (Å²) < 4.78 is 11.7. The van der Waals surface area contributed by atoms with Crippen LogP contribution >= 0.6 is 23.2 Å². The van der Waals surface area contributed by atoms with E-state index in [4.69, 9.17) is 32.7 Å². The topological polar surface area (TPSA) is 30.5 Å². The number of rotatable bonds is 9. The summed E-state index contributed by atoms with van der Waals surface area (Å²) in [4.78, 5) is 0. The second-order valence-corrected chi connectivity index (χ2v) is 6.71. The molecule has 0 aliphatic carbocycles. The Morgan fingerprint density at radius 2 is 1.68 bits per heavy atom. The third-order valence-electron chi connectivity index (χ3n) is 4.01. The third-order valence-corrected chi connectivity index (χ3v) is 4.73. The van der Waals surface area contributed by atoms with E-state index in [1.165, 1.54) is 0 Å². The summed E-state index contributed by atoms with van der Waals surface area (Å²) >= 11 is 12.6. The number of nitrogens with one attached hydrogen (secondary N) is 1. The highest BCUT2D eigenvalue weighted by molar-refractivity contribution is 6.31. The number of benzene rings is 2. The fourth-order valence-corrected chi connectivity index (χ4v) is 2.70. The predicted molar refractivity (Wildman–Crippen MR) is 105 cm³/mol. The molecule has 25 heavy (non-hydrogen) atoms. The molecule has 0 bridgehead atoms. The van der Waals surface area contributed by atoms with Crippen molar-refractivity contribution in [2.75, 3.05) is 6.61 Å². The van der Waals surface area contributed by atoms with Gasteiger partial charge < -0.3 is 14.8 Å². The zero-order valence-electron chi connectivity index (χ0n) is 14.9. The Hall–Kier alpha value is -1.42. The van der Waals surface area contributed by atoms with Gasteiger partial charge in [0.25, 0.3) is 0 Å². The van der Waals surface area contributed by atoms with E-state index < -0.39 is 0 Å². The monoisotopic (exact) mass is 381 g/mol. The van der Waals surface area contributed by atoms with Crippen LogP contribution in [0.1, 0.15) is 38.3 Å². The quantitative estimate of drug-likeness (QED) is 0.589. The van der Waals surface area contributed by atoms with E-state index in [9.17, 15) is 0 Å². The molecule has 2 aromatic carbocycles. The van der Waals surface area contributed by atoms with Crippen molar-refractivity contribution in [3.8, 4) is 11.5 Å². The zero-order valence-corrected chi connectivity index (χ0v) is 16.5. The molecule has 1 N–H and O–H groups in total. The maximum Gasteiger partial charge on any atom is 0.163 e. The third kappa shape index (κ3) is 5.81. The highest BCUT2D eigenvalue weighted by Gasteiger charge is 2.12. The van der Waals surface area contributed by atoms with Crippen LogP contribution in [0.15, 0.2) is 36.4 Å². The summed E-state index contributed by atoms with van der Waals surface area (Å²) in [5, 5.41) is 4.79. The summed E-state index contributed by atoms with van der Waals surface area (Å²) in [5.41, 5.74) is 1.92. The van der Waals surface area contributed by atoms with Crippen LogP contribution in [0.2, 0.25) is 10.0 Å². The van der Waals surface area contributed by atoms with Crippen LogP contribution < -0.4 is 14.8 Å². The van der Waals surface area contributed by atoms with Gasteiger partial charge in [-0.2, -0.15) is 0 Å². The molecule has 0 amide bonds. The Morgan fingerprint density at radius 1 is 0.960 bits per heavy atom. The number of hydrogen-bond acceptors (Lipinski definition) is 3. The van der Waals surface area contributed by atoms with Gasteiger partial charge in [-0.15, -0.1) is 0 Å². The molecule has 0 saturated carbocycles. The van der Waals surface area contributed by atoms with Gasteiger partial charge in [-0.25, -0.2) is 0 Å². The van der Waals surface area contributed by atoms with Crippen molar-refractivity contribution in [2.45, 2.75) is 46.4 Å². The molecule has 0 saturated heterocycles. The lowest BCUT2D eigenvalue weighted by Gasteiger charge is -2.17. The van der Waals surface area contributed by atoms with Crippen LogP contribution in [-0.4, -0.2) is 12.6 Å². The molecule has 2 rings (SSSR count). The van der Waals surface area contributed by atoms with Crippen LogP contribution in [0.3, 0.4) is 0 Å². The predicted octanol–water partition coefficient (Wildman–Crippen LogP) is 5.86. The highest BCUT2D eigenvalue weighted by atomic mass is 35.5. The van der Waals surface area contributed by atoms with Crippen LogP contribution in [-0.2, 0) is 13.2 Å². The van der Waals surface area contributed by atoms with Crippen molar-refractivity contribution < 1.29 is 9.47 Å². The Morgan fingerprint density at radius 3 is 2.36 bits per heavy atom. The first kappa shape index (κ1) is 19.9. The van der Waals surface area contributed by atoms with Crippen LogP contribution in [0.25, 0.3) is 0 Å². The van der Waals surface area contributed by atoms with Gasteiger partial charge in [0, 0.05) is 34.3 Å². The summed E-state index contributed by atoms with van der Waals surface area (Å²) in [6.45, 7) is 7.86. The molecular formula is C20H25Cl2NO2. The van der Waals surface area contributed by atoms with Crippen molar-refractivity contribution in [2.24, 2.45) is 0 Å². The average Bonchev–Trinajstić information content (AvgIpc) is 2.61. The minimum Gasteiger partial charge on any atom is -0.490 e. The molecule has 136 valence electrons. The van der Waals surface area contributed by atoms with E-state index in [2.05, 4.69) is 19.2 Å². The maximum absolute atomic E-state index is 6.44. The molecule has 0 aliphatic heterocycles. The molecule has 0 fully saturated rings. The Balaban J connectivity index is 2.16. The normalized spacial score (nSPS) is 12.0. The molecule has 0 aromatic heterocycles. The van der Waals surface area contributed by atoms with E-state index in [-0.39, 0.29) is 0 Å². The van der Waals surface area contributed by atoms with Crippen molar-refractivity contribution in [3.05, 3.63) is 57.6 Å². The summed E-state index contributed by atoms with van der Waals surface area (Å²) in [6.07, 6.45) is 1.06. The smallest absolute Gasteiger partial charge is 0.163 e. The van der Waals surface area contributed by atoms with Gasteiger partial charge >= 0.3 is 0 Å². The maximum atomic E-state index is 6.44. The molecule has 1 unspecified atom stereocenters. The van der Waals surface area contributed by atoms with Gasteiger partial charge in [-0.05, 0) is 38.0 Å². The van der Waals surface area contributed by atoms with Gasteiger partial charge in [0.1, 0.15) is 6.61 Å². The first-order valence-corrected chi connectivity index (χ1v) is 9.35. The van der Waals surface area contributed by atoms with Crippen molar-refractivity contribution in [3.63, 3.8) is 0 Å². The van der Waals surface area contributed by atoms with Gasteiger partial charge in [0.2, 0.25) is 0 Å². The highest BCUT2D eigenvalue weighted by Crippen LogP contribution is 2.34. The molecule has 0 spiro atoms. The van der Waals surface area contributed by atoms with E-state index in [1.54, 1.807) is 0 Å². The lowest BCUT2D eigenvalue weighted by atomic mass is 10.1. The number of halogens is 2. The van der Waals surface area contributed by atoms with E-state index in [1.807, 2.05) is 43.3 Å². The molecule has 3 nitrogen and oxygen atoms in total. The van der Waals surface area contributed by atoms with Crippen LogP contribution in [0.4, 0.5) is 0 Å². The van der Waals surface area contributed by atoms with Crippen molar-refractivity contribution in [1.82, 2.24) is 5.32 Å². The lowest BCUT2D eigenvalue weighted by Crippen LogP contribution is -2.24. The molecule has 5 heteroatoms. The largest absolute Gasteiger partial charge is 0.490 e. The molecule has 2 aromatic rings. The summed E-state index contributed by atoms with van der Waals surface area (Å²) in [5.74, 6) is 1.32. The van der Waals surface area contributed by atoms with Crippen molar-refractivity contribution >= 4 is 23.2 Å². The number of ether oxygens (including phenoxy) is 2. The first-order valence-electron chi connectivity index (χ1n) is 8.59. The lowest BCUT2D eigenvalue weighted by molar-refractivity contribution is 0.269. The Labute approximate surface area is 160 Å². The summed E-state index contributed by atoms with van der Waals surface area (Å²) in [6, 6.07) is 11.8. The standard InChI is InChI=1S/C20H25Cl2NO2/c1-4-14(3)23-12-16-10-19(24-5-2)20(11-18(16)22)25-13-15-8-6-7-9-17(15)21/h6-11,14,23H,4-5,12-13H2,1-3H3. The fourth-order valence-electron chi connectivity index (χ4n) is 2.29. The molecule has 0 aliphatic rings. The zero-order chi connectivity index (χ0) is 18.2. The molecular weight excluding hydrogens is 357 g/mol. The fraction of sp³-hybridized carbons (Fsp3) is 0.400. The SMILES string of the molecule is CCOc1cc(CNC(C)CC)c(Cl)cc1OCc1ccccc1Cl. The second kappa shape index (κ2) is 9.91. The van der Waals surface area contributed by atoms with Gasteiger partial charge in [-0.1, -0.05) is 48.3 Å². The summed E-state index contributed by atoms with van der Waals surface area (Å²) in [7, 11) is 0. The van der Waals surface area contributed by atoms with Gasteiger partial charge in [-0.3, -0.25) is 0 Å². The molecule has 0 radical (unpaired) electrons. The van der Waals surface area contributed by atoms with Crippen LogP contribution in [0.5, 0.6) is 11.5 Å². The number of hydrogen-bond donors (Lipinski definition) is 1. The average molecular weight is 382 g/mol. The van der Waals surface area contributed by atoms with E-state index in [0.29, 0.717) is 47.3 Å². The van der Waals surface area contributed by atoms with Gasteiger partial charge in [0.15, 0.2) is 11.5 Å². The molecule has 0 heterocycles. The Bertz CT molecular complexity index is 691. The first-order chi connectivity index (χ1) is 12.0.